The standard InChI is InChI=1S/C71H80N12O18P2S2/c1-42(2)53(33-50(84)17-8-11-21-60(86)82-36-47-15-5-4-13-45(47)26-27-46-14-7-10-20-55(46)82)66(89)77-54(19-12-29-74-69(72)91)56(85)31-43-22-24-44(25-23-43)37-95-71(92)81(3)35-48-16-6-9-18-52(48)65(88)79-70-78-64-61(67(90)80-70)76-41-83(64)68-63-62(87)58(99-68)39-97-102(93,104)100-57-34-51(98-59-28-30-73-40-75-59)32-49(57)38-96-103(94,105)101-63/h4-7,9-10,13-16,18,20,22-25,28,30,40-42,49,51,53-54,57-58,62-63,68,87H,8,11-12,17,19,21,29,31-39H2,1-3H3,(H,77,89)(H,93,104)(H,94,105)(H3,72,74,91)(H2,78,79,80,88,90)/t49-,51-,53+,54+,57+,58-,62-,63-,68-,102?,103?/m1/s1. The van der Waals surface area contributed by atoms with Gasteiger partial charge in [0.2, 0.25) is 23.6 Å². The molecule has 0 spiro atoms. The van der Waals surface area contributed by atoms with Gasteiger partial charge in [0.1, 0.15) is 43.1 Å². The molecule has 11 atom stereocenters. The van der Waals surface area contributed by atoms with Crippen LogP contribution in [0.4, 0.5) is 21.2 Å². The number of Topliss-reactive ketones (excluding diaryl/α,β-unsaturated/α-hetero) is 2. The predicted molar refractivity (Wildman–Crippen MR) is 388 cm³/mol. The van der Waals surface area contributed by atoms with Gasteiger partial charge in [0.15, 0.2) is 23.2 Å². The third kappa shape index (κ3) is 20.3. The van der Waals surface area contributed by atoms with E-state index in [0.717, 1.165) is 28.7 Å². The summed E-state index contributed by atoms with van der Waals surface area (Å²) in [6.07, 6.45) is -1.99. The second-order valence-corrected chi connectivity index (χ2v) is 31.9. The lowest BCUT2D eigenvalue weighted by Crippen LogP contribution is -2.46. The molecule has 2 bridgehead atoms. The van der Waals surface area contributed by atoms with Crippen LogP contribution in [0.1, 0.15) is 122 Å². The molecule has 2 saturated heterocycles. The predicted octanol–water partition coefficient (Wildman–Crippen LogP) is 7.90. The summed E-state index contributed by atoms with van der Waals surface area (Å²) in [5.74, 6) is 3.01. The van der Waals surface area contributed by atoms with Gasteiger partial charge in [-0.15, -0.1) is 0 Å². The van der Waals surface area contributed by atoms with E-state index in [4.69, 9.17) is 49.8 Å². The Morgan fingerprint density at radius 1 is 0.886 bits per heavy atom. The number of nitrogens with two attached hydrogens (primary N) is 1. The van der Waals surface area contributed by atoms with Crippen molar-refractivity contribution in [3.63, 3.8) is 0 Å². The van der Waals surface area contributed by atoms with E-state index in [1.165, 1.54) is 35.1 Å². The minimum Gasteiger partial charge on any atom is -0.474 e. The number of anilines is 2. The summed E-state index contributed by atoms with van der Waals surface area (Å²) >= 11 is 9.64. The van der Waals surface area contributed by atoms with Crippen molar-refractivity contribution < 1.29 is 80.4 Å². The summed E-state index contributed by atoms with van der Waals surface area (Å²) in [7, 11) is 1.47. The molecule has 3 aliphatic heterocycles. The average Bonchev–Trinajstić information content (AvgIpc) is 1.61. The average molecular weight is 1520 g/mol. The Bertz CT molecular complexity index is 4580. The molecule has 554 valence electrons. The van der Waals surface area contributed by atoms with Gasteiger partial charge in [-0.3, -0.25) is 48.2 Å². The molecule has 2 unspecified atom stereocenters. The van der Waals surface area contributed by atoms with E-state index in [1.807, 2.05) is 62.4 Å². The smallest absolute Gasteiger partial charge is 0.410 e. The number of aromatic amines is 1. The first-order valence-electron chi connectivity index (χ1n) is 34.1. The topological polar surface area (TPSA) is 400 Å². The maximum atomic E-state index is 14.1. The largest absolute Gasteiger partial charge is 0.474 e. The van der Waals surface area contributed by atoms with Crippen molar-refractivity contribution in [1.29, 1.82) is 0 Å². The van der Waals surface area contributed by atoms with Crippen LogP contribution in [-0.2, 0) is 89.2 Å². The fourth-order valence-electron chi connectivity index (χ4n) is 12.8. The van der Waals surface area contributed by atoms with Crippen LogP contribution in [-0.4, -0.2) is 149 Å². The van der Waals surface area contributed by atoms with E-state index >= 15 is 0 Å². The third-order valence-electron chi connectivity index (χ3n) is 18.3. The first-order chi connectivity index (χ1) is 50.3. The number of aliphatic hydroxyl groups is 1. The monoisotopic (exact) mass is 1510 g/mol. The molecule has 34 heteroatoms. The number of nitrogens with zero attached hydrogens (tertiary/aromatic N) is 7. The van der Waals surface area contributed by atoms with E-state index in [0.29, 0.717) is 48.4 Å². The molecule has 105 heavy (non-hydrogen) atoms. The number of amides is 6. The maximum Gasteiger partial charge on any atom is 0.410 e. The molecule has 3 fully saturated rings. The molecule has 4 aliphatic rings. The molecule has 6 amide bonds. The van der Waals surface area contributed by atoms with Gasteiger partial charge in [0, 0.05) is 93.0 Å². The number of para-hydroxylation sites is 1. The highest BCUT2D eigenvalue weighted by molar-refractivity contribution is 8.44. The van der Waals surface area contributed by atoms with Gasteiger partial charge in [-0.05, 0) is 96.3 Å². The number of imidazole rings is 1. The maximum absolute atomic E-state index is 14.1. The number of primary amides is 1. The zero-order valence-corrected chi connectivity index (χ0v) is 61.0. The minimum atomic E-state index is -4.39. The van der Waals surface area contributed by atoms with Crippen LogP contribution in [0, 0.1) is 29.6 Å². The van der Waals surface area contributed by atoms with Gasteiger partial charge < -0.3 is 63.9 Å². The van der Waals surface area contributed by atoms with Gasteiger partial charge in [0.05, 0.1) is 43.9 Å². The molecule has 7 aromatic rings. The number of nitrogens with one attached hydrogen (secondary N) is 4. The number of thiol groups is 1. The lowest BCUT2D eigenvalue weighted by atomic mass is 9.88. The Morgan fingerprint density at radius 2 is 1.62 bits per heavy atom. The molecule has 1 aliphatic carbocycles. The number of carbonyl (C=O) groups excluding carboxylic acids is 7. The quantitative estimate of drug-likeness (QED) is 0.0110. The second kappa shape index (κ2) is 34.9. The van der Waals surface area contributed by atoms with Crippen LogP contribution < -0.4 is 36.9 Å². The molecular weight excluding hydrogens is 1430 g/mol. The van der Waals surface area contributed by atoms with Crippen LogP contribution in [0.5, 0.6) is 5.88 Å². The summed E-state index contributed by atoms with van der Waals surface area (Å²) in [5.41, 5.74) is 8.97. The van der Waals surface area contributed by atoms with Crippen molar-refractivity contribution in [2.45, 2.75) is 141 Å². The summed E-state index contributed by atoms with van der Waals surface area (Å²) in [6, 6.07) is 28.2. The van der Waals surface area contributed by atoms with Gasteiger partial charge >= 0.3 is 25.6 Å². The normalized spacial score (nSPS) is 22.6. The molecule has 30 nitrogen and oxygen atoms in total. The fraction of sp³-hybridized carbons (Fsp3) is 0.408. The second-order valence-electron chi connectivity index (χ2n) is 26.2. The van der Waals surface area contributed by atoms with E-state index in [2.05, 4.69) is 65.0 Å². The number of urea groups is 1. The summed E-state index contributed by atoms with van der Waals surface area (Å²) in [4.78, 5) is 142. The third-order valence-corrected chi connectivity index (χ3v) is 21.5. The number of benzene rings is 4. The van der Waals surface area contributed by atoms with Crippen molar-refractivity contribution in [3.05, 3.63) is 171 Å². The molecule has 6 heterocycles. The Kier molecular flexibility index (Phi) is 25.6. The lowest BCUT2D eigenvalue weighted by Gasteiger charge is -2.27. The molecule has 11 rings (SSSR count). The molecule has 1 saturated carbocycles. The van der Waals surface area contributed by atoms with Gasteiger partial charge in [0.25, 0.3) is 11.5 Å². The number of aliphatic hydroxyl groups excluding tert-OH is 1. The number of carbonyl (C=O) groups is 7. The van der Waals surface area contributed by atoms with Crippen molar-refractivity contribution in [2.75, 3.05) is 37.0 Å². The van der Waals surface area contributed by atoms with Gasteiger partial charge in [-0.2, -0.15) is 4.98 Å². The molecule has 4 aromatic carbocycles. The number of aromatic nitrogens is 6. The highest BCUT2D eigenvalue weighted by atomic mass is 32.7. The Labute approximate surface area is 614 Å². The van der Waals surface area contributed by atoms with Crippen LogP contribution in [0.3, 0.4) is 0 Å². The number of H-pyrrole nitrogens is 1. The number of fused-ring (bicyclic) bond motifs is 6. The van der Waals surface area contributed by atoms with Crippen molar-refractivity contribution in [1.82, 2.24) is 45.0 Å². The van der Waals surface area contributed by atoms with E-state index in [-0.39, 0.29) is 117 Å². The summed E-state index contributed by atoms with van der Waals surface area (Å²) < 4.78 is 56.5. The first-order valence-corrected chi connectivity index (χ1v) is 39.4. The number of ether oxygens (including phenoxy) is 3. The Morgan fingerprint density at radius 3 is 2.39 bits per heavy atom. The number of hydrogen-bond donors (Lipinski definition) is 8. The fourth-order valence-corrected chi connectivity index (χ4v) is 15.8. The minimum absolute atomic E-state index is 0.0670. The van der Waals surface area contributed by atoms with Crippen molar-refractivity contribution in [3.8, 4) is 17.7 Å². The van der Waals surface area contributed by atoms with Crippen LogP contribution in [0.15, 0.2) is 127 Å². The summed E-state index contributed by atoms with van der Waals surface area (Å²) in [6.45, 7) is -5.41. The lowest BCUT2D eigenvalue weighted by molar-refractivity contribution is -0.133. The van der Waals surface area contributed by atoms with Crippen molar-refractivity contribution in [2.24, 2.45) is 23.5 Å². The van der Waals surface area contributed by atoms with Crippen LogP contribution >= 0.6 is 25.8 Å². The van der Waals surface area contributed by atoms with Gasteiger partial charge in [-0.1, -0.05) is 111 Å². The zero-order valence-electron chi connectivity index (χ0n) is 57.5. The summed E-state index contributed by atoms with van der Waals surface area (Å²) in [5, 5.41) is 19.7. The highest BCUT2D eigenvalue weighted by Crippen LogP contribution is 2.59. The molecule has 0 radical (unpaired) electrons. The Hall–Kier alpha value is -9.09. The zero-order chi connectivity index (χ0) is 74.5. The Balaban J connectivity index is 0.668. The highest BCUT2D eigenvalue weighted by Gasteiger charge is 2.51. The SMILES string of the molecule is CC(C)[C@H](CC(=O)CCCCC(=O)N1Cc2ccccc2C#Cc2ccccc21)C(=O)N[C@@H](CCCNC(N)=O)C(=O)Cc1ccc(COC(=O)N(C)Cc2ccccc2C(=O)Nc2nc3c(ncn3[C@@H]3O[C@@H]4COP(O)(=S)O[C@H]5C[C@H](Oc6ccncn6)C[C@@H]5COP(=O)(S)O[C@@H]3[C@@H]4O)c(=O)[nH]2)cc1. The number of rotatable bonds is 26. The van der Waals surface area contributed by atoms with E-state index in [1.54, 1.807) is 53.4 Å². The first kappa shape index (κ1) is 77.0. The van der Waals surface area contributed by atoms with Gasteiger partial charge in [-0.25, -0.2) is 29.1 Å². The number of hydrogen-bond acceptors (Lipinski definition) is 22. The molecule has 8 N–H and O–H groups in total. The molecular formula is C71H80N12O18P2S2. The number of ketones is 2. The van der Waals surface area contributed by atoms with Crippen LogP contribution in [0.2, 0.25) is 0 Å². The van der Waals surface area contributed by atoms with Crippen molar-refractivity contribution >= 4 is 102 Å². The number of unbranched alkanes of at least 4 members (excludes halogenated alkanes) is 1. The van der Waals surface area contributed by atoms with Crippen LogP contribution in [0.25, 0.3) is 11.2 Å². The molecule has 3 aromatic heterocycles. The van der Waals surface area contributed by atoms with E-state index in [9.17, 15) is 52.9 Å². The van der Waals surface area contributed by atoms with E-state index < -0.39 is 104 Å².